The summed E-state index contributed by atoms with van der Waals surface area (Å²) in [4.78, 5) is 28.6. The number of fused-ring (bicyclic) bond motifs is 1. The number of rotatable bonds is 5. The van der Waals surface area contributed by atoms with E-state index < -0.39 is 5.97 Å². The molecular weight excluding hydrogens is 378 g/mol. The van der Waals surface area contributed by atoms with E-state index in [2.05, 4.69) is 15.5 Å². The van der Waals surface area contributed by atoms with Crippen molar-refractivity contribution in [3.8, 4) is 5.75 Å². The number of hydrogen-bond donors (Lipinski definition) is 1. The second-order valence-corrected chi connectivity index (χ2v) is 6.39. The minimum atomic E-state index is -0.471. The highest BCUT2D eigenvalue weighted by Crippen LogP contribution is 2.27. The summed E-state index contributed by atoms with van der Waals surface area (Å²) in [6.45, 7) is 0. The van der Waals surface area contributed by atoms with Gasteiger partial charge < -0.3 is 4.74 Å². The summed E-state index contributed by atoms with van der Waals surface area (Å²) in [6, 6.07) is 23.2. The third-order valence-corrected chi connectivity index (χ3v) is 4.45. The fraction of sp³-hybridized carbons (Fsp3) is 0. The number of nitrogens with one attached hydrogen (secondary N) is 1. The van der Waals surface area contributed by atoms with Crippen LogP contribution in [-0.4, -0.2) is 23.1 Å². The number of hydrogen-bond acceptors (Lipinski definition) is 5. The molecule has 3 aromatic carbocycles. The first kappa shape index (κ1) is 19.0. The van der Waals surface area contributed by atoms with Crippen LogP contribution in [0.4, 0.5) is 0 Å². The van der Waals surface area contributed by atoms with Gasteiger partial charge in [-0.15, -0.1) is 0 Å². The molecule has 6 nitrogen and oxygen atoms in total. The van der Waals surface area contributed by atoms with E-state index in [-0.39, 0.29) is 5.91 Å². The van der Waals surface area contributed by atoms with Crippen molar-refractivity contribution in [1.82, 2.24) is 10.4 Å². The van der Waals surface area contributed by atoms with Gasteiger partial charge in [-0.1, -0.05) is 48.5 Å². The molecule has 0 aliphatic heterocycles. The molecule has 0 unspecified atom stereocenters. The molecule has 0 aliphatic rings. The molecule has 0 saturated heterocycles. The van der Waals surface area contributed by atoms with Crippen molar-refractivity contribution in [3.05, 3.63) is 108 Å². The molecule has 1 amide bonds. The number of esters is 1. The molecule has 0 bridgehead atoms. The zero-order valence-electron chi connectivity index (χ0n) is 15.9. The topological polar surface area (TPSA) is 80.6 Å². The predicted molar refractivity (Wildman–Crippen MR) is 115 cm³/mol. The van der Waals surface area contributed by atoms with E-state index in [9.17, 15) is 9.59 Å². The monoisotopic (exact) mass is 395 g/mol. The highest BCUT2D eigenvalue weighted by atomic mass is 16.5. The van der Waals surface area contributed by atoms with Gasteiger partial charge in [0.05, 0.1) is 11.8 Å². The molecule has 0 atom stereocenters. The summed E-state index contributed by atoms with van der Waals surface area (Å²) in [5.74, 6) is -0.484. The third kappa shape index (κ3) is 4.23. The van der Waals surface area contributed by atoms with Crippen molar-refractivity contribution in [1.29, 1.82) is 0 Å². The van der Waals surface area contributed by atoms with Gasteiger partial charge in [-0.3, -0.25) is 9.78 Å². The average Bonchev–Trinajstić information content (AvgIpc) is 2.81. The van der Waals surface area contributed by atoms with Gasteiger partial charge in [-0.25, -0.2) is 10.2 Å². The van der Waals surface area contributed by atoms with Crippen molar-refractivity contribution in [2.45, 2.75) is 0 Å². The maximum absolute atomic E-state index is 12.5. The summed E-state index contributed by atoms with van der Waals surface area (Å²) >= 11 is 0. The number of aromatic nitrogens is 1. The molecule has 0 fully saturated rings. The van der Waals surface area contributed by atoms with E-state index in [1.54, 1.807) is 42.5 Å². The van der Waals surface area contributed by atoms with Crippen LogP contribution in [0.5, 0.6) is 5.75 Å². The Bertz CT molecular complexity index is 1220. The van der Waals surface area contributed by atoms with Crippen LogP contribution in [0.1, 0.15) is 26.3 Å². The van der Waals surface area contributed by atoms with Gasteiger partial charge in [-0.2, -0.15) is 5.10 Å². The molecule has 0 aliphatic carbocycles. The maximum Gasteiger partial charge on any atom is 0.343 e. The Kier molecular flexibility index (Phi) is 5.57. The van der Waals surface area contributed by atoms with Gasteiger partial charge >= 0.3 is 5.97 Å². The summed E-state index contributed by atoms with van der Waals surface area (Å²) in [5.41, 5.74) is 3.96. The van der Waals surface area contributed by atoms with Crippen LogP contribution in [-0.2, 0) is 0 Å². The number of amides is 1. The number of carbonyl (C=O) groups excluding carboxylic acids is 2. The van der Waals surface area contributed by atoms with Crippen LogP contribution >= 0.6 is 0 Å². The Balaban J connectivity index is 1.64. The number of carbonyl (C=O) groups is 2. The predicted octanol–water partition coefficient (Wildman–Crippen LogP) is 4.22. The molecule has 4 aromatic rings. The first-order chi connectivity index (χ1) is 14.7. The lowest BCUT2D eigenvalue weighted by molar-refractivity contribution is 0.0734. The number of hydrazone groups is 1. The van der Waals surface area contributed by atoms with Gasteiger partial charge in [0.2, 0.25) is 0 Å². The lowest BCUT2D eigenvalue weighted by Crippen LogP contribution is -2.17. The Hall–Kier alpha value is -4.32. The Morgan fingerprint density at radius 2 is 1.57 bits per heavy atom. The van der Waals surface area contributed by atoms with E-state index in [0.717, 1.165) is 10.8 Å². The van der Waals surface area contributed by atoms with E-state index in [0.29, 0.717) is 22.4 Å². The van der Waals surface area contributed by atoms with Crippen LogP contribution in [0, 0.1) is 0 Å². The molecule has 1 N–H and O–H groups in total. The Labute approximate surface area is 172 Å². The largest absolute Gasteiger partial charge is 0.422 e. The highest BCUT2D eigenvalue weighted by Gasteiger charge is 2.13. The zero-order chi connectivity index (χ0) is 20.8. The second-order valence-electron chi connectivity index (χ2n) is 6.39. The molecule has 0 radical (unpaired) electrons. The fourth-order valence-electron chi connectivity index (χ4n) is 2.95. The van der Waals surface area contributed by atoms with E-state index in [1.807, 2.05) is 36.4 Å². The SMILES string of the molecule is O=C(N/N=C/c1c(OC(=O)c2ccccc2)ccc2ccccc12)c1ccncc1. The molecule has 4 rings (SSSR count). The van der Waals surface area contributed by atoms with Crippen molar-refractivity contribution in [2.24, 2.45) is 5.10 Å². The standard InChI is InChI=1S/C24H17N3O3/c28-23(18-12-14-25-15-13-18)27-26-16-21-20-9-5-4-6-17(20)10-11-22(21)30-24(29)19-7-2-1-3-8-19/h1-16H,(H,27,28)/b26-16+. The minimum absolute atomic E-state index is 0.351. The molecule has 0 spiro atoms. The molecular formula is C24H17N3O3. The molecule has 1 aromatic heterocycles. The third-order valence-electron chi connectivity index (χ3n) is 4.45. The Morgan fingerprint density at radius 3 is 2.37 bits per heavy atom. The quantitative estimate of drug-likeness (QED) is 0.237. The summed E-state index contributed by atoms with van der Waals surface area (Å²) < 4.78 is 5.63. The van der Waals surface area contributed by atoms with Gasteiger partial charge in [0.15, 0.2) is 0 Å². The molecule has 30 heavy (non-hydrogen) atoms. The van der Waals surface area contributed by atoms with Crippen LogP contribution in [0.2, 0.25) is 0 Å². The van der Waals surface area contributed by atoms with Crippen molar-refractivity contribution < 1.29 is 14.3 Å². The minimum Gasteiger partial charge on any atom is -0.422 e. The average molecular weight is 395 g/mol. The van der Waals surface area contributed by atoms with E-state index in [4.69, 9.17) is 4.74 Å². The first-order valence-corrected chi connectivity index (χ1v) is 9.25. The highest BCUT2D eigenvalue weighted by molar-refractivity contribution is 6.04. The summed E-state index contributed by atoms with van der Waals surface area (Å²) in [6.07, 6.45) is 4.55. The van der Waals surface area contributed by atoms with Gasteiger partial charge in [-0.05, 0) is 41.1 Å². The lowest BCUT2D eigenvalue weighted by atomic mass is 10.0. The van der Waals surface area contributed by atoms with Crippen LogP contribution < -0.4 is 10.2 Å². The molecule has 6 heteroatoms. The molecule has 146 valence electrons. The van der Waals surface area contributed by atoms with Crippen molar-refractivity contribution >= 4 is 28.9 Å². The van der Waals surface area contributed by atoms with Gasteiger partial charge in [0, 0.05) is 23.5 Å². The first-order valence-electron chi connectivity index (χ1n) is 9.25. The second kappa shape index (κ2) is 8.79. The number of ether oxygens (including phenoxy) is 1. The zero-order valence-corrected chi connectivity index (χ0v) is 15.9. The lowest BCUT2D eigenvalue weighted by Gasteiger charge is -2.10. The van der Waals surface area contributed by atoms with Gasteiger partial charge in [0.1, 0.15) is 5.75 Å². The smallest absolute Gasteiger partial charge is 0.343 e. The van der Waals surface area contributed by atoms with Crippen molar-refractivity contribution in [2.75, 3.05) is 0 Å². The Morgan fingerprint density at radius 1 is 0.833 bits per heavy atom. The van der Waals surface area contributed by atoms with E-state index >= 15 is 0 Å². The maximum atomic E-state index is 12.5. The van der Waals surface area contributed by atoms with Crippen LogP contribution in [0.3, 0.4) is 0 Å². The van der Waals surface area contributed by atoms with Gasteiger partial charge in [0.25, 0.3) is 5.91 Å². The molecule has 1 heterocycles. The summed E-state index contributed by atoms with van der Waals surface area (Å²) in [5, 5.41) is 5.87. The normalized spacial score (nSPS) is 10.8. The summed E-state index contributed by atoms with van der Waals surface area (Å²) in [7, 11) is 0. The van der Waals surface area contributed by atoms with E-state index in [1.165, 1.54) is 18.6 Å². The van der Waals surface area contributed by atoms with Crippen LogP contribution in [0.25, 0.3) is 10.8 Å². The number of pyridine rings is 1. The van der Waals surface area contributed by atoms with Crippen LogP contribution in [0.15, 0.2) is 96.4 Å². The fourth-order valence-corrected chi connectivity index (χ4v) is 2.95. The van der Waals surface area contributed by atoms with Crippen molar-refractivity contribution in [3.63, 3.8) is 0 Å². The number of nitrogens with zero attached hydrogens (tertiary/aromatic N) is 2. The number of benzene rings is 3. The molecule has 0 saturated carbocycles.